The molecule has 0 radical (unpaired) electrons. The summed E-state index contributed by atoms with van der Waals surface area (Å²) in [5.41, 5.74) is 0.636. The van der Waals surface area contributed by atoms with Crippen LogP contribution < -0.4 is 5.32 Å². The number of piperidine rings is 1. The summed E-state index contributed by atoms with van der Waals surface area (Å²) in [6.07, 6.45) is 1.96. The average molecular weight is 264 g/mol. The zero-order valence-corrected chi connectivity index (χ0v) is 11.6. The minimum absolute atomic E-state index is 0.157. The van der Waals surface area contributed by atoms with Gasteiger partial charge in [0.1, 0.15) is 5.82 Å². The summed E-state index contributed by atoms with van der Waals surface area (Å²) in [5, 5.41) is 3.29. The van der Waals surface area contributed by atoms with E-state index < -0.39 is 0 Å². The molecule has 0 aliphatic carbocycles. The summed E-state index contributed by atoms with van der Waals surface area (Å²) >= 11 is 0. The van der Waals surface area contributed by atoms with Crippen molar-refractivity contribution in [3.05, 3.63) is 35.6 Å². The molecule has 0 aromatic heterocycles. The number of halogens is 1. The average Bonchev–Trinajstić information content (AvgIpc) is 2.41. The predicted octanol–water partition coefficient (Wildman–Crippen LogP) is 2.17. The summed E-state index contributed by atoms with van der Waals surface area (Å²) in [4.78, 5) is 14.2. The highest BCUT2D eigenvalue weighted by molar-refractivity contribution is 5.82. The lowest BCUT2D eigenvalue weighted by atomic mass is 9.81. The summed E-state index contributed by atoms with van der Waals surface area (Å²) < 4.78 is 12.8. The van der Waals surface area contributed by atoms with Crippen LogP contribution in [0.3, 0.4) is 0 Å². The predicted molar refractivity (Wildman–Crippen MR) is 73.1 cm³/mol. The maximum absolute atomic E-state index is 12.8. The molecule has 1 aliphatic heterocycles. The van der Waals surface area contributed by atoms with Crippen molar-refractivity contribution < 1.29 is 9.18 Å². The van der Waals surface area contributed by atoms with Gasteiger partial charge in [0, 0.05) is 20.1 Å². The Hall–Kier alpha value is -1.42. The van der Waals surface area contributed by atoms with Crippen molar-refractivity contribution in [2.45, 2.75) is 26.3 Å². The summed E-state index contributed by atoms with van der Waals surface area (Å²) in [6, 6.07) is 6.30. The van der Waals surface area contributed by atoms with E-state index in [1.807, 2.05) is 14.0 Å². The van der Waals surface area contributed by atoms with Crippen LogP contribution in [0, 0.1) is 11.2 Å². The van der Waals surface area contributed by atoms with E-state index in [1.54, 1.807) is 17.0 Å². The molecule has 104 valence electrons. The molecule has 0 saturated carbocycles. The first-order valence-electron chi connectivity index (χ1n) is 6.72. The Morgan fingerprint density at radius 1 is 1.42 bits per heavy atom. The van der Waals surface area contributed by atoms with Gasteiger partial charge in [-0.25, -0.2) is 4.39 Å². The largest absolute Gasteiger partial charge is 0.341 e. The number of nitrogens with zero attached hydrogens (tertiary/aromatic N) is 1. The van der Waals surface area contributed by atoms with Gasteiger partial charge in [0.25, 0.3) is 0 Å². The fourth-order valence-electron chi connectivity index (χ4n) is 2.64. The number of benzene rings is 1. The van der Waals surface area contributed by atoms with Crippen molar-refractivity contribution in [3.63, 3.8) is 0 Å². The lowest BCUT2D eigenvalue weighted by Crippen LogP contribution is -2.48. The van der Waals surface area contributed by atoms with Gasteiger partial charge < -0.3 is 10.2 Å². The molecular formula is C15H21FN2O. The molecule has 1 unspecified atom stereocenters. The molecule has 1 heterocycles. The molecule has 1 aromatic rings. The van der Waals surface area contributed by atoms with E-state index in [9.17, 15) is 9.18 Å². The van der Waals surface area contributed by atoms with Crippen molar-refractivity contribution >= 4 is 5.91 Å². The molecule has 1 saturated heterocycles. The summed E-state index contributed by atoms with van der Waals surface area (Å²) in [7, 11) is 1.81. The molecule has 4 heteroatoms. The molecule has 1 aliphatic rings. The summed E-state index contributed by atoms with van der Waals surface area (Å²) in [5.74, 6) is -0.0924. The molecule has 2 rings (SSSR count). The normalized spacial score (nSPS) is 23.1. The van der Waals surface area contributed by atoms with Gasteiger partial charge in [0.15, 0.2) is 0 Å². The summed E-state index contributed by atoms with van der Waals surface area (Å²) in [6.45, 7) is 4.27. The second-order valence-electron chi connectivity index (χ2n) is 5.63. The van der Waals surface area contributed by atoms with Crippen LogP contribution in [-0.2, 0) is 11.3 Å². The number of amides is 1. The standard InChI is InChI=1S/C15H21FN2O/c1-15(8-3-9-17-11-15)14(19)18(2)10-12-4-6-13(16)7-5-12/h4-7,17H,3,8-11H2,1-2H3. The Kier molecular flexibility index (Phi) is 4.20. The van der Waals surface area contributed by atoms with Crippen LogP contribution >= 0.6 is 0 Å². The molecule has 1 amide bonds. The molecule has 1 aromatic carbocycles. The quantitative estimate of drug-likeness (QED) is 0.907. The van der Waals surface area contributed by atoms with E-state index in [2.05, 4.69) is 5.32 Å². The zero-order chi connectivity index (χ0) is 13.9. The Balaban J connectivity index is 2.00. The molecule has 0 bridgehead atoms. The van der Waals surface area contributed by atoms with Crippen LogP contribution in [-0.4, -0.2) is 30.9 Å². The van der Waals surface area contributed by atoms with Crippen LogP contribution in [0.25, 0.3) is 0 Å². The molecule has 1 fully saturated rings. The van der Waals surface area contributed by atoms with E-state index in [1.165, 1.54) is 12.1 Å². The van der Waals surface area contributed by atoms with Gasteiger partial charge in [-0.3, -0.25) is 4.79 Å². The molecule has 0 spiro atoms. The highest BCUT2D eigenvalue weighted by Crippen LogP contribution is 2.28. The number of hydrogen-bond acceptors (Lipinski definition) is 2. The van der Waals surface area contributed by atoms with Gasteiger partial charge in [0.2, 0.25) is 5.91 Å². The van der Waals surface area contributed by atoms with Crippen molar-refractivity contribution in [2.24, 2.45) is 5.41 Å². The maximum atomic E-state index is 12.8. The second kappa shape index (κ2) is 5.70. The van der Waals surface area contributed by atoms with Crippen LogP contribution in [0.15, 0.2) is 24.3 Å². The van der Waals surface area contributed by atoms with E-state index in [0.717, 1.165) is 31.5 Å². The fourth-order valence-corrected chi connectivity index (χ4v) is 2.64. The Morgan fingerprint density at radius 2 is 2.11 bits per heavy atom. The lowest BCUT2D eigenvalue weighted by Gasteiger charge is -2.36. The minimum atomic E-state index is -0.312. The zero-order valence-electron chi connectivity index (χ0n) is 11.6. The Bertz CT molecular complexity index is 438. The van der Waals surface area contributed by atoms with Gasteiger partial charge in [0.05, 0.1) is 5.41 Å². The third kappa shape index (κ3) is 3.32. The highest BCUT2D eigenvalue weighted by atomic mass is 19.1. The van der Waals surface area contributed by atoms with Crippen LogP contribution in [0.2, 0.25) is 0 Å². The Morgan fingerprint density at radius 3 is 2.68 bits per heavy atom. The molecule has 1 N–H and O–H groups in total. The number of carbonyl (C=O) groups is 1. The molecule has 19 heavy (non-hydrogen) atoms. The molecule has 1 atom stereocenters. The van der Waals surface area contributed by atoms with E-state index in [0.29, 0.717) is 6.54 Å². The fraction of sp³-hybridized carbons (Fsp3) is 0.533. The monoisotopic (exact) mass is 264 g/mol. The Labute approximate surface area is 113 Å². The second-order valence-corrected chi connectivity index (χ2v) is 5.63. The molecular weight excluding hydrogens is 243 g/mol. The van der Waals surface area contributed by atoms with Gasteiger partial charge in [-0.05, 0) is 44.0 Å². The highest BCUT2D eigenvalue weighted by Gasteiger charge is 2.36. The topological polar surface area (TPSA) is 32.3 Å². The van der Waals surface area contributed by atoms with Gasteiger partial charge in [-0.2, -0.15) is 0 Å². The number of rotatable bonds is 3. The third-order valence-corrected chi connectivity index (χ3v) is 3.79. The minimum Gasteiger partial charge on any atom is -0.341 e. The van der Waals surface area contributed by atoms with Gasteiger partial charge in [-0.15, -0.1) is 0 Å². The lowest BCUT2D eigenvalue weighted by molar-refractivity contribution is -0.141. The third-order valence-electron chi connectivity index (χ3n) is 3.79. The molecule has 3 nitrogen and oxygen atoms in total. The maximum Gasteiger partial charge on any atom is 0.229 e. The van der Waals surface area contributed by atoms with E-state index in [-0.39, 0.29) is 17.1 Å². The first-order valence-corrected chi connectivity index (χ1v) is 6.72. The number of nitrogens with one attached hydrogen (secondary N) is 1. The van der Waals surface area contributed by atoms with Crippen molar-refractivity contribution in [1.29, 1.82) is 0 Å². The number of carbonyl (C=O) groups excluding carboxylic acids is 1. The van der Waals surface area contributed by atoms with Gasteiger partial charge in [-0.1, -0.05) is 12.1 Å². The first kappa shape index (κ1) is 14.0. The van der Waals surface area contributed by atoms with Crippen LogP contribution in [0.5, 0.6) is 0 Å². The van der Waals surface area contributed by atoms with E-state index in [4.69, 9.17) is 0 Å². The number of hydrogen-bond donors (Lipinski definition) is 1. The van der Waals surface area contributed by atoms with E-state index >= 15 is 0 Å². The van der Waals surface area contributed by atoms with Crippen molar-refractivity contribution in [1.82, 2.24) is 10.2 Å². The first-order chi connectivity index (χ1) is 9.01. The van der Waals surface area contributed by atoms with Crippen molar-refractivity contribution in [3.8, 4) is 0 Å². The van der Waals surface area contributed by atoms with Crippen LogP contribution in [0.1, 0.15) is 25.3 Å². The smallest absolute Gasteiger partial charge is 0.229 e. The van der Waals surface area contributed by atoms with Gasteiger partial charge >= 0.3 is 0 Å². The van der Waals surface area contributed by atoms with Crippen molar-refractivity contribution in [2.75, 3.05) is 20.1 Å². The van der Waals surface area contributed by atoms with Crippen LogP contribution in [0.4, 0.5) is 4.39 Å². The SMILES string of the molecule is CN(Cc1ccc(F)cc1)C(=O)C1(C)CCCNC1.